The molecule has 5 aromatic heterocycles. The number of aromatic nitrogens is 6. The van der Waals surface area contributed by atoms with Crippen molar-refractivity contribution in [3.8, 4) is 28.7 Å². The fourth-order valence-corrected chi connectivity index (χ4v) is 4.52. The molecule has 0 aliphatic heterocycles. The van der Waals surface area contributed by atoms with Crippen molar-refractivity contribution in [1.29, 1.82) is 0 Å². The molecule has 0 radical (unpaired) electrons. The number of thiazole rings is 1. The Morgan fingerprint density at radius 1 is 1.20 bits per heavy atom. The van der Waals surface area contributed by atoms with Gasteiger partial charge in [-0.05, 0) is 30.9 Å². The number of nitrogens with zero attached hydrogens (tertiary/aromatic N) is 6. The second kappa shape index (κ2) is 8.61. The number of anilines is 1. The van der Waals surface area contributed by atoms with Crippen LogP contribution in [0.5, 0.6) is 5.75 Å². The predicted octanol–water partition coefficient (Wildman–Crippen LogP) is 4.47. The third kappa shape index (κ3) is 4.27. The molecule has 1 amide bonds. The Morgan fingerprint density at radius 3 is 2.91 bits per heavy atom. The van der Waals surface area contributed by atoms with Gasteiger partial charge in [-0.3, -0.25) is 10.1 Å². The van der Waals surface area contributed by atoms with Gasteiger partial charge in [0.25, 0.3) is 5.91 Å². The van der Waals surface area contributed by atoms with Crippen LogP contribution in [0.4, 0.5) is 5.13 Å². The molecule has 6 rings (SSSR count). The molecular weight excluding hydrogens is 486 g/mol. The molecule has 1 aliphatic rings. The van der Waals surface area contributed by atoms with E-state index in [-0.39, 0.29) is 11.1 Å². The highest BCUT2D eigenvalue weighted by Gasteiger charge is 2.21. The molecule has 1 fully saturated rings. The molecule has 35 heavy (non-hydrogen) atoms. The average molecular weight is 502 g/mol. The zero-order valence-electron chi connectivity index (χ0n) is 18.3. The van der Waals surface area contributed by atoms with Gasteiger partial charge in [-0.1, -0.05) is 28.9 Å². The zero-order valence-corrected chi connectivity index (χ0v) is 19.9. The highest BCUT2D eigenvalue weighted by Crippen LogP contribution is 2.35. The summed E-state index contributed by atoms with van der Waals surface area (Å²) in [5.41, 5.74) is 3.49. The van der Waals surface area contributed by atoms with E-state index in [1.807, 2.05) is 6.07 Å². The summed E-state index contributed by atoms with van der Waals surface area (Å²) in [5.74, 6) is 6.83. The summed E-state index contributed by atoms with van der Waals surface area (Å²) >= 11 is 7.41. The van der Waals surface area contributed by atoms with E-state index < -0.39 is 0 Å². The van der Waals surface area contributed by atoms with Gasteiger partial charge in [0.2, 0.25) is 0 Å². The number of pyridine rings is 2. The monoisotopic (exact) mass is 501 g/mol. The number of carbonyl (C=O) groups excluding carboxylic acids is 1. The van der Waals surface area contributed by atoms with Gasteiger partial charge in [0.1, 0.15) is 16.6 Å². The normalized spacial score (nSPS) is 13.0. The van der Waals surface area contributed by atoms with Crippen LogP contribution in [0.1, 0.15) is 28.9 Å². The Kier molecular flexibility index (Phi) is 5.28. The van der Waals surface area contributed by atoms with E-state index in [0.717, 1.165) is 18.4 Å². The average Bonchev–Trinajstić information content (AvgIpc) is 3.43. The van der Waals surface area contributed by atoms with Crippen molar-refractivity contribution >= 4 is 50.0 Å². The minimum absolute atomic E-state index is 0.282. The van der Waals surface area contributed by atoms with E-state index >= 15 is 0 Å². The summed E-state index contributed by atoms with van der Waals surface area (Å²) < 4.78 is 7.24. The number of carbonyl (C=O) groups is 1. The van der Waals surface area contributed by atoms with Crippen LogP contribution in [0.3, 0.4) is 0 Å². The van der Waals surface area contributed by atoms with E-state index in [1.54, 1.807) is 35.4 Å². The smallest absolute Gasteiger partial charge is 0.259 e. The number of ether oxygens (including phenoxy) is 1. The minimum Gasteiger partial charge on any atom is -0.494 e. The Balaban J connectivity index is 1.37. The molecule has 1 aliphatic carbocycles. The van der Waals surface area contributed by atoms with Crippen molar-refractivity contribution in [3.63, 3.8) is 0 Å². The number of halogens is 1. The molecule has 1 N–H and O–H groups in total. The molecule has 5 aromatic rings. The standard InChI is InChI=1S/C24H16ClN7O2S/c1-34-19-10-27-20(25)7-17(19)16-6-15-9-26-12-32(15)11-18(16)22(33)31-24-30-21-23(35-24)29-14(8-28-21)5-4-13-2-3-13/h6-13H,2-3H2,1H3,(H,28,30,31,33). The van der Waals surface area contributed by atoms with Crippen LogP contribution in [0.25, 0.3) is 27.1 Å². The van der Waals surface area contributed by atoms with Gasteiger partial charge in [-0.15, -0.1) is 0 Å². The molecule has 0 atom stereocenters. The van der Waals surface area contributed by atoms with Gasteiger partial charge in [-0.25, -0.2) is 19.9 Å². The molecule has 0 spiro atoms. The topological polar surface area (TPSA) is 107 Å². The molecule has 0 saturated heterocycles. The largest absolute Gasteiger partial charge is 0.494 e. The number of nitrogens with one attached hydrogen (secondary N) is 1. The van der Waals surface area contributed by atoms with Crippen LogP contribution in [0, 0.1) is 17.8 Å². The molecule has 1 saturated carbocycles. The van der Waals surface area contributed by atoms with Crippen LogP contribution in [0.15, 0.2) is 43.2 Å². The van der Waals surface area contributed by atoms with Crippen LogP contribution >= 0.6 is 22.9 Å². The third-order valence-electron chi connectivity index (χ3n) is 5.46. The lowest BCUT2D eigenvalue weighted by Gasteiger charge is -2.13. The van der Waals surface area contributed by atoms with E-state index in [2.05, 4.69) is 42.1 Å². The van der Waals surface area contributed by atoms with E-state index in [9.17, 15) is 4.79 Å². The lowest BCUT2D eigenvalue weighted by molar-refractivity contribution is 0.102. The van der Waals surface area contributed by atoms with Gasteiger partial charge in [-0.2, -0.15) is 4.98 Å². The first-order valence-electron chi connectivity index (χ1n) is 10.7. The van der Waals surface area contributed by atoms with E-state index in [1.165, 1.54) is 24.6 Å². The lowest BCUT2D eigenvalue weighted by Crippen LogP contribution is -2.14. The van der Waals surface area contributed by atoms with Gasteiger partial charge in [0, 0.05) is 23.2 Å². The highest BCUT2D eigenvalue weighted by atomic mass is 35.5. The van der Waals surface area contributed by atoms with Crippen LogP contribution in [0.2, 0.25) is 5.15 Å². The van der Waals surface area contributed by atoms with Crippen molar-refractivity contribution in [2.75, 3.05) is 12.4 Å². The summed E-state index contributed by atoms with van der Waals surface area (Å²) in [6, 6.07) is 3.51. The number of hydrogen-bond donors (Lipinski definition) is 1. The number of amides is 1. The molecule has 0 bridgehead atoms. The van der Waals surface area contributed by atoms with Crippen molar-refractivity contribution in [3.05, 3.63) is 59.7 Å². The van der Waals surface area contributed by atoms with Gasteiger partial charge < -0.3 is 9.14 Å². The second-order valence-electron chi connectivity index (χ2n) is 7.93. The van der Waals surface area contributed by atoms with Crippen LogP contribution in [-0.2, 0) is 0 Å². The quantitative estimate of drug-likeness (QED) is 0.286. The molecular formula is C24H16ClN7O2S. The second-order valence-corrected chi connectivity index (χ2v) is 9.30. The zero-order chi connectivity index (χ0) is 23.9. The number of imidazole rings is 1. The maximum Gasteiger partial charge on any atom is 0.259 e. The first-order valence-corrected chi connectivity index (χ1v) is 11.9. The van der Waals surface area contributed by atoms with Gasteiger partial charge in [0.05, 0.1) is 43.1 Å². The summed E-state index contributed by atoms with van der Waals surface area (Å²) in [4.78, 5) is 35.6. The van der Waals surface area contributed by atoms with Crippen molar-refractivity contribution < 1.29 is 9.53 Å². The maximum absolute atomic E-state index is 13.5. The molecule has 9 nitrogen and oxygen atoms in total. The number of fused-ring (bicyclic) bond motifs is 2. The summed E-state index contributed by atoms with van der Waals surface area (Å²) in [7, 11) is 1.54. The fraction of sp³-hybridized carbons (Fsp3) is 0.167. The molecule has 0 unspecified atom stereocenters. The van der Waals surface area contributed by atoms with Gasteiger partial charge in [0.15, 0.2) is 15.6 Å². The van der Waals surface area contributed by atoms with Crippen LogP contribution < -0.4 is 10.1 Å². The Labute approximate surface area is 208 Å². The summed E-state index contributed by atoms with van der Waals surface area (Å²) in [6.07, 6.45) is 10.4. The third-order valence-corrected chi connectivity index (χ3v) is 6.52. The van der Waals surface area contributed by atoms with E-state index in [0.29, 0.717) is 49.7 Å². The predicted molar refractivity (Wildman–Crippen MR) is 133 cm³/mol. The summed E-state index contributed by atoms with van der Waals surface area (Å²) in [5, 5.41) is 3.54. The lowest BCUT2D eigenvalue weighted by atomic mass is 10.0. The Morgan fingerprint density at radius 2 is 2.09 bits per heavy atom. The van der Waals surface area contributed by atoms with Crippen molar-refractivity contribution in [1.82, 2.24) is 29.3 Å². The maximum atomic E-state index is 13.5. The molecule has 172 valence electrons. The Hall–Kier alpha value is -4.07. The first-order chi connectivity index (χ1) is 17.1. The minimum atomic E-state index is -0.363. The molecule has 0 aromatic carbocycles. The molecule has 11 heteroatoms. The Bertz CT molecular complexity index is 1680. The fourth-order valence-electron chi connectivity index (χ4n) is 3.57. The first kappa shape index (κ1) is 21.5. The highest BCUT2D eigenvalue weighted by molar-refractivity contribution is 7.21. The summed E-state index contributed by atoms with van der Waals surface area (Å²) in [6.45, 7) is 0. The number of hydrogen-bond acceptors (Lipinski definition) is 8. The van der Waals surface area contributed by atoms with E-state index in [4.69, 9.17) is 16.3 Å². The SMILES string of the molecule is COc1cnc(Cl)cc1-c1cc2cncn2cc1C(=O)Nc1nc2ncc(C#CC3CC3)nc2s1. The molecule has 5 heterocycles. The van der Waals surface area contributed by atoms with Gasteiger partial charge >= 0.3 is 0 Å². The van der Waals surface area contributed by atoms with Crippen LogP contribution in [-0.4, -0.2) is 42.3 Å². The number of methoxy groups -OCH3 is 1. The number of rotatable bonds is 4. The van der Waals surface area contributed by atoms with Crippen molar-refractivity contribution in [2.24, 2.45) is 5.92 Å². The van der Waals surface area contributed by atoms with Crippen molar-refractivity contribution in [2.45, 2.75) is 12.8 Å².